The van der Waals surface area contributed by atoms with Crippen LogP contribution in [0.1, 0.15) is 74.9 Å². The topological polar surface area (TPSA) is 110 Å². The van der Waals surface area contributed by atoms with Crippen LogP contribution < -0.4 is 14.5 Å². The molecule has 51 heavy (non-hydrogen) atoms. The van der Waals surface area contributed by atoms with Gasteiger partial charge in [-0.05, 0) is 66.1 Å². The zero-order chi connectivity index (χ0) is 35.9. The van der Waals surface area contributed by atoms with Crippen LogP contribution in [0.2, 0.25) is 0 Å². The van der Waals surface area contributed by atoms with Crippen LogP contribution in [0.25, 0.3) is 0 Å². The Labute approximate surface area is 299 Å². The van der Waals surface area contributed by atoms with E-state index in [9.17, 15) is 14.7 Å². The first-order chi connectivity index (χ1) is 24.6. The summed E-state index contributed by atoms with van der Waals surface area (Å²) in [6, 6.07) is 23.5. The maximum Gasteiger partial charge on any atom is 0.264 e. The number of anilines is 2. The van der Waals surface area contributed by atoms with E-state index in [0.717, 1.165) is 46.7 Å². The van der Waals surface area contributed by atoms with Crippen LogP contribution in [0.4, 0.5) is 11.4 Å². The molecule has 2 fully saturated rings. The summed E-state index contributed by atoms with van der Waals surface area (Å²) in [4.78, 5) is 31.5. The highest BCUT2D eigenvalue weighted by atomic mass is 16.5. The molecule has 0 radical (unpaired) electrons. The maximum atomic E-state index is 14.9. The number of aromatic nitrogens is 3. The van der Waals surface area contributed by atoms with Gasteiger partial charge in [0.1, 0.15) is 17.5 Å². The minimum absolute atomic E-state index is 0.101. The number of carbonyl (C=O) groups is 2. The van der Waals surface area contributed by atoms with Crippen LogP contribution in [0.15, 0.2) is 91.6 Å². The van der Waals surface area contributed by atoms with Gasteiger partial charge in [-0.25, -0.2) is 0 Å². The third-order valence-electron chi connectivity index (χ3n) is 11.4. The Kier molecular flexibility index (Phi) is 9.32. The number of carbonyl (C=O) groups excluding carboxylic acids is 2. The van der Waals surface area contributed by atoms with E-state index in [4.69, 9.17) is 9.47 Å². The van der Waals surface area contributed by atoms with Crippen LogP contribution in [0.3, 0.4) is 0 Å². The molecule has 0 unspecified atom stereocenters. The highest BCUT2D eigenvalue weighted by Gasteiger charge is 2.65. The normalized spacial score (nSPS) is 23.9. The Morgan fingerprint density at radius 3 is 2.57 bits per heavy atom. The van der Waals surface area contributed by atoms with Gasteiger partial charge in [0.05, 0.1) is 25.1 Å². The van der Waals surface area contributed by atoms with Gasteiger partial charge in [-0.15, -0.1) is 11.7 Å². The summed E-state index contributed by atoms with van der Waals surface area (Å²) in [6.07, 6.45) is 5.16. The van der Waals surface area contributed by atoms with Crippen LogP contribution >= 0.6 is 0 Å². The van der Waals surface area contributed by atoms with Crippen molar-refractivity contribution in [3.63, 3.8) is 0 Å². The van der Waals surface area contributed by atoms with Gasteiger partial charge in [-0.3, -0.25) is 14.3 Å². The lowest BCUT2D eigenvalue weighted by molar-refractivity contribution is -0.146. The van der Waals surface area contributed by atoms with E-state index >= 15 is 0 Å². The summed E-state index contributed by atoms with van der Waals surface area (Å²) in [7, 11) is 1.66. The fourth-order valence-corrected chi connectivity index (χ4v) is 8.74. The number of fused-ring (bicyclic) bond motifs is 2. The second kappa shape index (κ2) is 13.7. The van der Waals surface area contributed by atoms with Gasteiger partial charge in [0.2, 0.25) is 5.91 Å². The molecule has 5 atom stereocenters. The number of piperidine rings is 1. The zero-order valence-corrected chi connectivity index (χ0v) is 29.9. The summed E-state index contributed by atoms with van der Waals surface area (Å²) >= 11 is 0. The van der Waals surface area contributed by atoms with E-state index in [-0.39, 0.29) is 29.8 Å². The molecule has 2 amide bonds. The number of aliphatic hydroxyl groups excluding tert-OH is 1. The van der Waals surface area contributed by atoms with E-state index in [0.29, 0.717) is 38.2 Å². The largest absolute Gasteiger partial charge is 0.497 e. The summed E-state index contributed by atoms with van der Waals surface area (Å²) in [6.45, 7) is 12.0. The van der Waals surface area contributed by atoms with Crippen LogP contribution in [-0.4, -0.2) is 58.2 Å². The summed E-state index contributed by atoms with van der Waals surface area (Å²) in [5.41, 5.74) is 3.00. The van der Waals surface area contributed by atoms with E-state index in [1.54, 1.807) is 29.0 Å². The van der Waals surface area contributed by atoms with Gasteiger partial charge in [0, 0.05) is 49.1 Å². The average molecular weight is 690 g/mol. The zero-order valence-electron chi connectivity index (χ0n) is 29.9. The molecule has 1 aromatic heterocycles. The van der Waals surface area contributed by atoms with Crippen LogP contribution in [0, 0.1) is 11.8 Å². The molecular formula is C41H47N5O5. The molecular weight excluding hydrogens is 642 g/mol. The number of aliphatic hydroxyl groups is 1. The Hall–Kier alpha value is -4.80. The van der Waals surface area contributed by atoms with Gasteiger partial charge in [0.15, 0.2) is 5.60 Å². The molecule has 2 saturated heterocycles. The van der Waals surface area contributed by atoms with E-state index in [1.807, 2.05) is 65.6 Å². The fraction of sp³-hybridized carbons (Fsp3) is 0.415. The number of nitrogens with zero attached hydrogens (tertiary/aromatic N) is 5. The number of benzene rings is 3. The van der Waals surface area contributed by atoms with Crippen molar-refractivity contribution in [2.45, 2.75) is 76.2 Å². The maximum absolute atomic E-state index is 14.9. The lowest BCUT2D eigenvalue weighted by Crippen LogP contribution is -2.46. The van der Waals surface area contributed by atoms with Gasteiger partial charge in [-0.1, -0.05) is 74.5 Å². The van der Waals surface area contributed by atoms with Crippen molar-refractivity contribution in [3.8, 4) is 5.75 Å². The smallest absolute Gasteiger partial charge is 0.264 e. The van der Waals surface area contributed by atoms with Crippen LogP contribution in [0.5, 0.6) is 5.75 Å². The third-order valence-corrected chi connectivity index (χ3v) is 11.4. The molecule has 0 saturated carbocycles. The summed E-state index contributed by atoms with van der Waals surface area (Å²) in [5.74, 6) is 0.407. The van der Waals surface area contributed by atoms with E-state index in [1.165, 1.54) is 0 Å². The van der Waals surface area contributed by atoms with Crippen molar-refractivity contribution in [2.24, 2.45) is 11.8 Å². The molecule has 3 aliphatic heterocycles. The molecule has 1 spiro atoms. The van der Waals surface area contributed by atoms with Gasteiger partial charge in [-0.2, -0.15) is 0 Å². The standard InChI is InChI=1S/C41H47N5O5/c1-6-22-46-34-20-17-30(45-23-11-10-14-36(45)47)25-32(34)41(39(46)49)27(2)37(40(3,4)29-15-18-31(50-5)19-16-29)35(51-41)21-24-44-26-33(42-43-44)38(48)28-12-8-7-9-13-28/h6-9,12-13,15-20,25-27,35,37-38,48H,1,10-11,14,21-24H2,2-5H3/t27-,35+,37-,38+,41+/m0/s1. The molecule has 1 N–H and O–H groups in total. The van der Waals surface area contributed by atoms with Gasteiger partial charge < -0.3 is 24.4 Å². The lowest BCUT2D eigenvalue weighted by Gasteiger charge is -2.39. The quantitative estimate of drug-likeness (QED) is 0.183. The molecule has 266 valence electrons. The first-order valence-corrected chi connectivity index (χ1v) is 17.9. The second-order valence-electron chi connectivity index (χ2n) is 14.6. The average Bonchev–Trinajstić information content (AvgIpc) is 3.81. The first-order valence-electron chi connectivity index (χ1n) is 17.9. The predicted octanol–water partition coefficient (Wildman–Crippen LogP) is 6.33. The number of amides is 2. The number of methoxy groups -OCH3 is 1. The van der Waals surface area contributed by atoms with Crippen molar-refractivity contribution < 1.29 is 24.2 Å². The molecule has 4 heterocycles. The highest BCUT2D eigenvalue weighted by molar-refractivity contribution is 6.08. The van der Waals surface area contributed by atoms with Crippen LogP contribution in [-0.2, 0) is 31.9 Å². The molecule has 4 aromatic rings. The highest BCUT2D eigenvalue weighted by Crippen LogP contribution is 2.60. The summed E-state index contributed by atoms with van der Waals surface area (Å²) in [5, 5.41) is 19.6. The molecule has 10 nitrogen and oxygen atoms in total. The number of ether oxygens (including phenoxy) is 2. The summed E-state index contributed by atoms with van der Waals surface area (Å²) < 4.78 is 14.5. The van der Waals surface area contributed by atoms with Gasteiger partial charge in [0.25, 0.3) is 5.91 Å². The molecule has 10 heteroatoms. The van der Waals surface area contributed by atoms with Crippen molar-refractivity contribution in [3.05, 3.63) is 114 Å². The number of aryl methyl sites for hydroxylation is 1. The number of hydrogen-bond acceptors (Lipinski definition) is 7. The van der Waals surface area contributed by atoms with Crippen molar-refractivity contribution in [1.82, 2.24) is 15.0 Å². The number of rotatable bonds is 11. The second-order valence-corrected chi connectivity index (χ2v) is 14.6. The molecule has 3 aliphatic rings. The Balaban J connectivity index is 1.28. The first kappa shape index (κ1) is 34.6. The minimum atomic E-state index is -1.27. The predicted molar refractivity (Wildman–Crippen MR) is 196 cm³/mol. The molecule has 0 bridgehead atoms. The van der Waals surface area contributed by atoms with Crippen molar-refractivity contribution in [2.75, 3.05) is 30.0 Å². The van der Waals surface area contributed by atoms with Crippen molar-refractivity contribution in [1.29, 1.82) is 0 Å². The third kappa shape index (κ3) is 5.94. The molecule has 0 aliphatic carbocycles. The molecule has 3 aromatic carbocycles. The van der Waals surface area contributed by atoms with Gasteiger partial charge >= 0.3 is 0 Å². The van der Waals surface area contributed by atoms with Crippen molar-refractivity contribution >= 4 is 23.2 Å². The SMILES string of the molecule is C=CCN1C(=O)[C@]2(O[C@H](CCn3cc([C@H](O)c4ccccc4)nn3)[C@@H](C(C)(C)c3ccc(OC)cc3)[C@@H]2C)c2cc(N3CCCCC3=O)ccc21. The monoisotopic (exact) mass is 689 g/mol. The lowest BCUT2D eigenvalue weighted by atomic mass is 9.63. The van der Waals surface area contributed by atoms with E-state index < -0.39 is 17.1 Å². The Morgan fingerprint density at radius 1 is 1.10 bits per heavy atom. The number of hydrogen-bond donors (Lipinski definition) is 1. The molecule has 7 rings (SSSR count). The Morgan fingerprint density at radius 2 is 1.86 bits per heavy atom. The fourth-order valence-electron chi connectivity index (χ4n) is 8.74. The van der Waals surface area contributed by atoms with E-state index in [2.05, 4.69) is 49.8 Å². The minimum Gasteiger partial charge on any atom is -0.497 e. The Bertz CT molecular complexity index is 1910.